The van der Waals surface area contributed by atoms with Crippen molar-refractivity contribution in [1.82, 2.24) is 19.4 Å². The Morgan fingerprint density at radius 3 is 2.90 bits per heavy atom. The lowest BCUT2D eigenvalue weighted by Crippen LogP contribution is -2.38. The zero-order chi connectivity index (χ0) is 14.1. The van der Waals surface area contributed by atoms with E-state index in [9.17, 15) is 0 Å². The molecule has 1 aliphatic rings. The predicted octanol–water partition coefficient (Wildman–Crippen LogP) is 2.91. The fourth-order valence-corrected chi connectivity index (χ4v) is 2.99. The van der Waals surface area contributed by atoms with Gasteiger partial charge in [0.1, 0.15) is 5.69 Å². The number of hydrogen-bond acceptors (Lipinski definition) is 3. The Hall–Kier alpha value is -1.68. The number of pyridine rings is 1. The molecule has 2 atom stereocenters. The third-order valence-corrected chi connectivity index (χ3v) is 4.36. The standard InChI is InChI=1S/C16H22N4/c1-12-5-4-6-15(18-12)16-17-8-10-20(16)14-7-9-19(3)13(2)11-14/h4-6,8,10,13-14H,7,9,11H2,1-3H3/t13-,14-/m1/s1. The highest BCUT2D eigenvalue weighted by Gasteiger charge is 2.25. The van der Waals surface area contributed by atoms with Crippen molar-refractivity contribution >= 4 is 0 Å². The number of imidazole rings is 1. The summed E-state index contributed by atoms with van der Waals surface area (Å²) in [6.07, 6.45) is 6.34. The van der Waals surface area contributed by atoms with Crippen molar-refractivity contribution in [2.75, 3.05) is 13.6 Å². The van der Waals surface area contributed by atoms with Crippen LogP contribution in [0, 0.1) is 6.92 Å². The van der Waals surface area contributed by atoms with Crippen molar-refractivity contribution in [1.29, 1.82) is 0 Å². The van der Waals surface area contributed by atoms with Crippen molar-refractivity contribution in [3.63, 3.8) is 0 Å². The first-order chi connectivity index (χ1) is 9.65. The summed E-state index contributed by atoms with van der Waals surface area (Å²) in [5, 5.41) is 0. The fraction of sp³-hybridized carbons (Fsp3) is 0.500. The number of aryl methyl sites for hydroxylation is 1. The minimum atomic E-state index is 0.529. The van der Waals surface area contributed by atoms with Crippen LogP contribution in [0.1, 0.15) is 31.5 Å². The molecule has 1 fully saturated rings. The number of aromatic nitrogens is 3. The maximum atomic E-state index is 4.61. The van der Waals surface area contributed by atoms with E-state index in [1.165, 1.54) is 12.8 Å². The quantitative estimate of drug-likeness (QED) is 0.841. The molecule has 0 aliphatic carbocycles. The van der Waals surface area contributed by atoms with Gasteiger partial charge >= 0.3 is 0 Å². The van der Waals surface area contributed by atoms with Crippen molar-refractivity contribution in [2.45, 2.75) is 38.8 Å². The maximum absolute atomic E-state index is 4.61. The van der Waals surface area contributed by atoms with E-state index < -0.39 is 0 Å². The molecule has 0 radical (unpaired) electrons. The molecule has 3 heterocycles. The molecular formula is C16H22N4. The molecule has 4 heteroatoms. The Bertz CT molecular complexity index is 590. The summed E-state index contributed by atoms with van der Waals surface area (Å²) in [5.41, 5.74) is 2.01. The van der Waals surface area contributed by atoms with Gasteiger partial charge in [0.05, 0.1) is 0 Å². The topological polar surface area (TPSA) is 34.0 Å². The molecule has 2 aromatic rings. The zero-order valence-electron chi connectivity index (χ0n) is 12.5. The molecule has 1 saturated heterocycles. The molecular weight excluding hydrogens is 248 g/mol. The van der Waals surface area contributed by atoms with Gasteiger partial charge in [-0.1, -0.05) is 6.07 Å². The molecule has 3 rings (SSSR count). The molecule has 4 nitrogen and oxygen atoms in total. The van der Waals surface area contributed by atoms with Gasteiger partial charge in [-0.05, 0) is 45.9 Å². The number of piperidine rings is 1. The molecule has 2 aromatic heterocycles. The lowest BCUT2D eigenvalue weighted by Gasteiger charge is -2.36. The summed E-state index contributed by atoms with van der Waals surface area (Å²) in [6, 6.07) is 7.27. The molecule has 0 saturated carbocycles. The first-order valence-electron chi connectivity index (χ1n) is 7.32. The third kappa shape index (κ3) is 2.48. The van der Waals surface area contributed by atoms with E-state index in [2.05, 4.69) is 39.6 Å². The first-order valence-corrected chi connectivity index (χ1v) is 7.32. The number of hydrogen-bond donors (Lipinski definition) is 0. The summed E-state index contributed by atoms with van der Waals surface area (Å²) in [5.74, 6) is 0.996. The molecule has 106 valence electrons. The van der Waals surface area contributed by atoms with Crippen LogP contribution in [0.3, 0.4) is 0 Å². The molecule has 20 heavy (non-hydrogen) atoms. The van der Waals surface area contributed by atoms with E-state index in [4.69, 9.17) is 0 Å². The van der Waals surface area contributed by atoms with E-state index in [-0.39, 0.29) is 0 Å². The van der Waals surface area contributed by atoms with Gasteiger partial charge in [0.15, 0.2) is 5.82 Å². The number of rotatable bonds is 2. The molecule has 0 N–H and O–H groups in total. The van der Waals surface area contributed by atoms with E-state index in [0.717, 1.165) is 23.8 Å². The Balaban J connectivity index is 1.91. The van der Waals surface area contributed by atoms with Gasteiger partial charge in [-0.25, -0.2) is 9.97 Å². The summed E-state index contributed by atoms with van der Waals surface area (Å²) >= 11 is 0. The highest BCUT2D eigenvalue weighted by Crippen LogP contribution is 2.29. The van der Waals surface area contributed by atoms with E-state index in [1.54, 1.807) is 0 Å². The lowest BCUT2D eigenvalue weighted by atomic mass is 9.98. The van der Waals surface area contributed by atoms with Gasteiger partial charge in [0, 0.05) is 36.7 Å². The van der Waals surface area contributed by atoms with Crippen molar-refractivity contribution in [3.8, 4) is 11.5 Å². The summed E-state index contributed by atoms with van der Waals surface area (Å²) < 4.78 is 2.31. The van der Waals surface area contributed by atoms with Gasteiger partial charge in [-0.2, -0.15) is 0 Å². The van der Waals surface area contributed by atoms with Crippen molar-refractivity contribution < 1.29 is 0 Å². The largest absolute Gasteiger partial charge is 0.327 e. The number of nitrogens with zero attached hydrogens (tertiary/aromatic N) is 4. The summed E-state index contributed by atoms with van der Waals surface area (Å²) in [6.45, 7) is 5.47. The SMILES string of the molecule is Cc1cccc(-c2nccn2[C@@H]2CCN(C)[C@H](C)C2)n1. The lowest BCUT2D eigenvalue weighted by molar-refractivity contribution is 0.157. The second-order valence-electron chi connectivity index (χ2n) is 5.83. The second kappa shape index (κ2) is 5.37. The Morgan fingerprint density at radius 2 is 2.15 bits per heavy atom. The van der Waals surface area contributed by atoms with Crippen LogP contribution in [0.15, 0.2) is 30.6 Å². The Morgan fingerprint density at radius 1 is 1.30 bits per heavy atom. The minimum Gasteiger partial charge on any atom is -0.327 e. The van der Waals surface area contributed by atoms with Crippen LogP contribution >= 0.6 is 0 Å². The third-order valence-electron chi connectivity index (χ3n) is 4.36. The molecule has 1 aliphatic heterocycles. The average Bonchev–Trinajstić information content (AvgIpc) is 2.91. The van der Waals surface area contributed by atoms with E-state index in [0.29, 0.717) is 12.1 Å². The monoisotopic (exact) mass is 270 g/mol. The summed E-state index contributed by atoms with van der Waals surface area (Å²) in [7, 11) is 2.21. The summed E-state index contributed by atoms with van der Waals surface area (Å²) in [4.78, 5) is 11.6. The first kappa shape index (κ1) is 13.3. The van der Waals surface area contributed by atoms with E-state index >= 15 is 0 Å². The van der Waals surface area contributed by atoms with Gasteiger partial charge in [0.25, 0.3) is 0 Å². The van der Waals surface area contributed by atoms with Crippen molar-refractivity contribution in [2.24, 2.45) is 0 Å². The smallest absolute Gasteiger partial charge is 0.158 e. The molecule has 0 amide bonds. The molecule has 0 spiro atoms. The molecule has 0 bridgehead atoms. The van der Waals surface area contributed by atoms with Crippen LogP contribution in [0.25, 0.3) is 11.5 Å². The van der Waals surface area contributed by atoms with E-state index in [1.807, 2.05) is 31.3 Å². The van der Waals surface area contributed by atoms with Gasteiger partial charge < -0.3 is 9.47 Å². The Labute approximate surface area is 120 Å². The van der Waals surface area contributed by atoms with Gasteiger partial charge in [-0.15, -0.1) is 0 Å². The molecule has 0 unspecified atom stereocenters. The van der Waals surface area contributed by atoms with Crippen LogP contribution in [0.2, 0.25) is 0 Å². The van der Waals surface area contributed by atoms with Crippen LogP contribution in [-0.4, -0.2) is 39.1 Å². The van der Waals surface area contributed by atoms with Crippen LogP contribution in [0.4, 0.5) is 0 Å². The van der Waals surface area contributed by atoms with Gasteiger partial charge in [-0.3, -0.25) is 0 Å². The van der Waals surface area contributed by atoms with Crippen LogP contribution in [-0.2, 0) is 0 Å². The molecule has 0 aromatic carbocycles. The second-order valence-corrected chi connectivity index (χ2v) is 5.83. The Kier molecular flexibility index (Phi) is 3.57. The fourth-order valence-electron chi connectivity index (χ4n) is 2.99. The average molecular weight is 270 g/mol. The van der Waals surface area contributed by atoms with Crippen molar-refractivity contribution in [3.05, 3.63) is 36.3 Å². The number of likely N-dealkylation sites (tertiary alicyclic amines) is 1. The van der Waals surface area contributed by atoms with Crippen LogP contribution in [0.5, 0.6) is 0 Å². The van der Waals surface area contributed by atoms with Gasteiger partial charge in [0.2, 0.25) is 0 Å². The maximum Gasteiger partial charge on any atom is 0.158 e. The highest BCUT2D eigenvalue weighted by atomic mass is 15.2. The normalized spacial score (nSPS) is 23.9. The highest BCUT2D eigenvalue weighted by molar-refractivity contribution is 5.50. The zero-order valence-corrected chi connectivity index (χ0v) is 12.5. The minimum absolute atomic E-state index is 0.529. The van der Waals surface area contributed by atoms with Crippen LogP contribution < -0.4 is 0 Å². The predicted molar refractivity (Wildman–Crippen MR) is 80.6 cm³/mol.